The van der Waals surface area contributed by atoms with Gasteiger partial charge in [-0.25, -0.2) is 0 Å². The van der Waals surface area contributed by atoms with Gasteiger partial charge in [-0.2, -0.15) is 0 Å². The predicted octanol–water partition coefficient (Wildman–Crippen LogP) is 17.1. The van der Waals surface area contributed by atoms with E-state index in [-0.39, 0.29) is 0 Å². The summed E-state index contributed by atoms with van der Waals surface area (Å²) in [6.07, 6.45) is 0. The molecule has 13 rings (SSSR count). The Hall–Kier alpha value is -7.98. The van der Waals surface area contributed by atoms with E-state index >= 15 is 0 Å². The lowest BCUT2D eigenvalue weighted by Gasteiger charge is -2.34. The molecule has 0 spiro atoms. The Kier molecular flexibility index (Phi) is 8.34. The van der Waals surface area contributed by atoms with Crippen LogP contribution < -0.4 is 4.90 Å². The molecule has 0 atom stereocenters. The molecule has 0 N–H and O–H groups in total. The highest BCUT2D eigenvalue weighted by atomic mass is 32.1. The van der Waals surface area contributed by atoms with Crippen molar-refractivity contribution in [2.24, 2.45) is 0 Å². The van der Waals surface area contributed by atoms with Crippen molar-refractivity contribution >= 4 is 70.5 Å². The van der Waals surface area contributed by atoms with Crippen molar-refractivity contribution < 1.29 is 4.42 Å². The van der Waals surface area contributed by atoms with Gasteiger partial charge in [-0.1, -0.05) is 182 Å². The van der Waals surface area contributed by atoms with Crippen molar-refractivity contribution in [3.05, 3.63) is 259 Å². The Labute approximate surface area is 375 Å². The Bertz CT molecular complexity index is 3690. The largest absolute Gasteiger partial charge is 0.455 e. The number of furan rings is 1. The molecule has 0 saturated heterocycles. The Balaban J connectivity index is 1.03. The molecule has 0 amide bonds. The molecule has 10 aromatic carbocycles. The van der Waals surface area contributed by atoms with Crippen LogP contribution in [0.4, 0.5) is 17.1 Å². The van der Waals surface area contributed by atoms with Crippen LogP contribution in [-0.4, -0.2) is 0 Å². The van der Waals surface area contributed by atoms with Crippen LogP contribution in [0.5, 0.6) is 0 Å². The van der Waals surface area contributed by atoms with Crippen LogP contribution in [0.2, 0.25) is 0 Å². The van der Waals surface area contributed by atoms with Crippen LogP contribution in [0.3, 0.4) is 0 Å². The zero-order chi connectivity index (χ0) is 42.2. The van der Waals surface area contributed by atoms with Crippen LogP contribution in [0.25, 0.3) is 75.5 Å². The van der Waals surface area contributed by atoms with Gasteiger partial charge in [-0.3, -0.25) is 0 Å². The number of thiophene rings is 1. The maximum atomic E-state index is 6.52. The lowest BCUT2D eigenvalue weighted by atomic mass is 9.68. The van der Waals surface area contributed by atoms with Crippen LogP contribution in [0, 0.1) is 0 Å². The van der Waals surface area contributed by atoms with E-state index in [2.05, 4.69) is 235 Å². The zero-order valence-electron chi connectivity index (χ0n) is 34.8. The van der Waals surface area contributed by atoms with Crippen LogP contribution in [0.1, 0.15) is 22.3 Å². The maximum absolute atomic E-state index is 6.52. The van der Waals surface area contributed by atoms with Gasteiger partial charge in [-0.15, -0.1) is 11.3 Å². The topological polar surface area (TPSA) is 16.4 Å². The first-order valence-electron chi connectivity index (χ1n) is 21.9. The van der Waals surface area contributed by atoms with Gasteiger partial charge in [-0.05, 0) is 99.1 Å². The number of rotatable bonds is 7. The molecule has 2 nitrogen and oxygen atoms in total. The molecular formula is C61H39NOS. The molecular weight excluding hydrogens is 795 g/mol. The molecule has 64 heavy (non-hydrogen) atoms. The molecule has 300 valence electrons. The Morgan fingerprint density at radius 1 is 0.375 bits per heavy atom. The van der Waals surface area contributed by atoms with Gasteiger partial charge in [0.15, 0.2) is 0 Å². The SMILES string of the molecule is c1ccc(C2(c3ccccc3)c3ccccc3-c3c(N(c4ccc(-c5cccc6c5oc5ccccc56)cc4)c4cccc(-c5ccc6sc7ccccc7c6c5)c4)cccc32)cc1. The van der Waals surface area contributed by atoms with Gasteiger partial charge in [0.05, 0.1) is 11.1 Å². The highest BCUT2D eigenvalue weighted by Crippen LogP contribution is 2.59. The summed E-state index contributed by atoms with van der Waals surface area (Å²) in [4.78, 5) is 2.47. The molecule has 0 radical (unpaired) electrons. The van der Waals surface area contributed by atoms with Crippen molar-refractivity contribution in [3.8, 4) is 33.4 Å². The monoisotopic (exact) mass is 833 g/mol. The Morgan fingerprint density at radius 3 is 1.81 bits per heavy atom. The fourth-order valence-corrected chi connectivity index (χ4v) is 11.7. The molecule has 12 aromatic rings. The summed E-state index contributed by atoms with van der Waals surface area (Å²) in [5.74, 6) is 0. The standard InChI is InChI=1S/C61H39NOS/c1-3-17-43(18-4-1)61(44-19-5-2-6-20-44)53-27-10-7-24-51(53)59-54(61)28-15-29-55(59)62(45-35-32-40(33-36-45)47-25-14-26-50-48-22-8-11-30-56(48)63-60(47)50)46-21-13-16-41(38-46)42-34-37-58-52(39-42)49-23-9-12-31-57(49)64-58/h1-39H. The van der Waals surface area contributed by atoms with E-state index in [0.717, 1.165) is 50.1 Å². The molecule has 3 heteroatoms. The van der Waals surface area contributed by atoms with Crippen molar-refractivity contribution in [2.45, 2.75) is 5.41 Å². The zero-order valence-corrected chi connectivity index (χ0v) is 35.6. The highest BCUT2D eigenvalue weighted by Gasteiger charge is 2.47. The van der Waals surface area contributed by atoms with Crippen LogP contribution in [0.15, 0.2) is 241 Å². The summed E-state index contributed by atoms with van der Waals surface area (Å²) < 4.78 is 9.14. The molecule has 2 aromatic heterocycles. The second-order valence-electron chi connectivity index (χ2n) is 16.7. The quantitative estimate of drug-likeness (QED) is 0.159. The van der Waals surface area contributed by atoms with E-state index < -0.39 is 5.41 Å². The first-order chi connectivity index (χ1) is 31.7. The lowest BCUT2D eigenvalue weighted by molar-refractivity contribution is 0.670. The van der Waals surface area contributed by atoms with Crippen LogP contribution in [-0.2, 0) is 5.41 Å². The minimum atomic E-state index is -0.522. The molecule has 0 bridgehead atoms. The third kappa shape index (κ3) is 5.51. The summed E-state index contributed by atoms with van der Waals surface area (Å²) in [5.41, 5.74) is 16.7. The lowest BCUT2D eigenvalue weighted by Crippen LogP contribution is -2.28. The number of anilines is 3. The predicted molar refractivity (Wildman–Crippen MR) is 269 cm³/mol. The maximum Gasteiger partial charge on any atom is 0.143 e. The van der Waals surface area contributed by atoms with Gasteiger partial charge in [0.1, 0.15) is 11.2 Å². The second-order valence-corrected chi connectivity index (χ2v) is 17.8. The van der Waals surface area contributed by atoms with E-state index in [4.69, 9.17) is 4.42 Å². The third-order valence-corrected chi connectivity index (χ3v) is 14.5. The van der Waals surface area contributed by atoms with Gasteiger partial charge < -0.3 is 9.32 Å². The number of para-hydroxylation sites is 2. The molecule has 2 heterocycles. The van der Waals surface area contributed by atoms with E-state index in [0.29, 0.717) is 0 Å². The number of benzene rings is 10. The van der Waals surface area contributed by atoms with E-state index in [9.17, 15) is 0 Å². The van der Waals surface area contributed by atoms with Crippen molar-refractivity contribution in [3.63, 3.8) is 0 Å². The third-order valence-electron chi connectivity index (χ3n) is 13.4. The average Bonchev–Trinajstić information content (AvgIpc) is 4.04. The fraction of sp³-hybridized carbons (Fsp3) is 0.0164. The molecule has 1 aliphatic carbocycles. The summed E-state index contributed by atoms with van der Waals surface area (Å²) >= 11 is 1.86. The van der Waals surface area contributed by atoms with Gasteiger partial charge in [0.2, 0.25) is 0 Å². The van der Waals surface area contributed by atoms with Crippen molar-refractivity contribution in [1.29, 1.82) is 0 Å². The summed E-state index contributed by atoms with van der Waals surface area (Å²) in [6, 6.07) is 86.6. The average molecular weight is 834 g/mol. The molecule has 0 unspecified atom stereocenters. The second kappa shape index (κ2) is 14.6. The smallest absolute Gasteiger partial charge is 0.143 e. The number of hydrogen-bond donors (Lipinski definition) is 0. The van der Waals surface area contributed by atoms with Gasteiger partial charge in [0, 0.05) is 53.4 Å². The van der Waals surface area contributed by atoms with E-state index in [1.54, 1.807) is 0 Å². The fourth-order valence-electron chi connectivity index (χ4n) is 10.6. The number of hydrogen-bond acceptors (Lipinski definition) is 3. The minimum Gasteiger partial charge on any atom is -0.455 e. The number of nitrogens with zero attached hydrogens (tertiary/aromatic N) is 1. The Morgan fingerprint density at radius 2 is 0.984 bits per heavy atom. The van der Waals surface area contributed by atoms with Gasteiger partial charge in [0.25, 0.3) is 0 Å². The summed E-state index contributed by atoms with van der Waals surface area (Å²) in [5, 5.41) is 4.86. The molecule has 1 aliphatic rings. The molecule has 0 aliphatic heterocycles. The number of fused-ring (bicyclic) bond motifs is 9. The highest BCUT2D eigenvalue weighted by molar-refractivity contribution is 7.25. The summed E-state index contributed by atoms with van der Waals surface area (Å²) in [6.45, 7) is 0. The first-order valence-corrected chi connectivity index (χ1v) is 22.7. The molecule has 0 fully saturated rings. The minimum absolute atomic E-state index is 0.522. The van der Waals surface area contributed by atoms with Crippen molar-refractivity contribution in [1.82, 2.24) is 0 Å². The molecule has 0 saturated carbocycles. The van der Waals surface area contributed by atoms with E-state index in [1.165, 1.54) is 64.7 Å². The normalized spacial score (nSPS) is 12.8. The first kappa shape index (κ1) is 36.7. The van der Waals surface area contributed by atoms with Crippen LogP contribution >= 0.6 is 11.3 Å². The van der Waals surface area contributed by atoms with E-state index in [1.807, 2.05) is 17.4 Å². The van der Waals surface area contributed by atoms with Gasteiger partial charge >= 0.3 is 0 Å². The van der Waals surface area contributed by atoms with Crippen molar-refractivity contribution in [2.75, 3.05) is 4.90 Å². The summed E-state index contributed by atoms with van der Waals surface area (Å²) in [7, 11) is 0.